The zero-order valence-electron chi connectivity index (χ0n) is 10.1. The highest BCUT2D eigenvalue weighted by atomic mass is 35.5. The van der Waals surface area contributed by atoms with Gasteiger partial charge in [0.05, 0.1) is 4.90 Å². The molecule has 0 saturated heterocycles. The van der Waals surface area contributed by atoms with E-state index in [1.54, 1.807) is 0 Å². The van der Waals surface area contributed by atoms with Crippen LogP contribution in [0.5, 0.6) is 0 Å². The van der Waals surface area contributed by atoms with Gasteiger partial charge in [-0.2, -0.15) is 0 Å². The molecule has 0 saturated carbocycles. The summed E-state index contributed by atoms with van der Waals surface area (Å²) in [5.74, 6) is -0.450. The van der Waals surface area contributed by atoms with Gasteiger partial charge in [-0.15, -0.1) is 12.4 Å². The SMILES string of the molecule is CCCNCCNS(=O)(=O)c1ccc(F)cc1.Cl. The number of nitrogens with one attached hydrogen (secondary N) is 2. The number of sulfonamides is 1. The fourth-order valence-electron chi connectivity index (χ4n) is 1.27. The second-order valence-corrected chi connectivity index (χ2v) is 5.37. The summed E-state index contributed by atoms with van der Waals surface area (Å²) in [6, 6.07) is 4.75. The molecule has 1 rings (SSSR count). The molecule has 2 N–H and O–H groups in total. The lowest BCUT2D eigenvalue weighted by Crippen LogP contribution is -2.32. The van der Waals surface area contributed by atoms with E-state index in [0.717, 1.165) is 25.1 Å². The summed E-state index contributed by atoms with van der Waals surface area (Å²) in [5, 5.41) is 3.08. The Morgan fingerprint density at radius 3 is 2.28 bits per heavy atom. The topological polar surface area (TPSA) is 58.2 Å². The molecule has 1 aromatic rings. The smallest absolute Gasteiger partial charge is 0.240 e. The number of hydrogen-bond donors (Lipinski definition) is 2. The van der Waals surface area contributed by atoms with Gasteiger partial charge in [-0.05, 0) is 37.2 Å². The van der Waals surface area contributed by atoms with Crippen molar-refractivity contribution in [3.8, 4) is 0 Å². The van der Waals surface area contributed by atoms with Crippen molar-refractivity contribution in [1.29, 1.82) is 0 Å². The van der Waals surface area contributed by atoms with Crippen LogP contribution in [0, 0.1) is 5.82 Å². The Labute approximate surface area is 113 Å². The van der Waals surface area contributed by atoms with Crippen LogP contribution in [0.15, 0.2) is 29.2 Å². The minimum atomic E-state index is -3.52. The fraction of sp³-hybridized carbons (Fsp3) is 0.455. The summed E-state index contributed by atoms with van der Waals surface area (Å²) in [6.07, 6.45) is 1.00. The lowest BCUT2D eigenvalue weighted by molar-refractivity contribution is 0.574. The predicted molar refractivity (Wildman–Crippen MR) is 72.0 cm³/mol. The summed E-state index contributed by atoms with van der Waals surface area (Å²) >= 11 is 0. The Morgan fingerprint density at radius 2 is 1.72 bits per heavy atom. The van der Waals surface area contributed by atoms with Crippen LogP contribution in [-0.4, -0.2) is 28.1 Å². The van der Waals surface area contributed by atoms with Crippen molar-refractivity contribution in [2.24, 2.45) is 0 Å². The van der Waals surface area contributed by atoms with Crippen molar-refractivity contribution in [3.63, 3.8) is 0 Å². The molecule has 0 bridgehead atoms. The Kier molecular flexibility index (Phi) is 8.10. The molecule has 104 valence electrons. The average Bonchev–Trinajstić information content (AvgIpc) is 2.29. The average molecular weight is 297 g/mol. The zero-order chi connectivity index (χ0) is 12.7. The van der Waals surface area contributed by atoms with E-state index in [9.17, 15) is 12.8 Å². The lowest BCUT2D eigenvalue weighted by atomic mass is 10.4. The van der Waals surface area contributed by atoms with Gasteiger partial charge in [0.15, 0.2) is 0 Å². The van der Waals surface area contributed by atoms with Crippen LogP contribution < -0.4 is 10.0 Å². The van der Waals surface area contributed by atoms with E-state index in [1.165, 1.54) is 12.1 Å². The second-order valence-electron chi connectivity index (χ2n) is 3.60. The molecule has 0 heterocycles. The third kappa shape index (κ3) is 5.77. The number of benzene rings is 1. The molecule has 18 heavy (non-hydrogen) atoms. The van der Waals surface area contributed by atoms with E-state index in [1.807, 2.05) is 6.92 Å². The van der Waals surface area contributed by atoms with Gasteiger partial charge >= 0.3 is 0 Å². The first-order chi connectivity index (χ1) is 8.06. The molecule has 0 aliphatic rings. The van der Waals surface area contributed by atoms with E-state index in [2.05, 4.69) is 10.0 Å². The predicted octanol–water partition coefficient (Wildman–Crippen LogP) is 1.53. The van der Waals surface area contributed by atoms with Crippen LogP contribution in [0.4, 0.5) is 4.39 Å². The third-order valence-electron chi connectivity index (χ3n) is 2.14. The van der Waals surface area contributed by atoms with Gasteiger partial charge < -0.3 is 5.32 Å². The monoisotopic (exact) mass is 296 g/mol. The maximum absolute atomic E-state index is 12.6. The van der Waals surface area contributed by atoms with E-state index in [4.69, 9.17) is 0 Å². The first kappa shape index (κ1) is 17.3. The standard InChI is InChI=1S/C11H17FN2O2S.ClH/c1-2-7-13-8-9-14-17(15,16)11-5-3-10(12)4-6-11;/h3-6,13-14H,2,7-9H2,1H3;1H. The Balaban J connectivity index is 0.00000289. The number of rotatable bonds is 7. The van der Waals surface area contributed by atoms with E-state index in [0.29, 0.717) is 13.1 Å². The molecule has 0 fully saturated rings. The molecule has 4 nitrogen and oxygen atoms in total. The third-order valence-corrected chi connectivity index (χ3v) is 3.62. The summed E-state index contributed by atoms with van der Waals surface area (Å²) in [6.45, 7) is 3.79. The highest BCUT2D eigenvalue weighted by Gasteiger charge is 2.12. The quantitative estimate of drug-likeness (QED) is 0.750. The van der Waals surface area contributed by atoms with Crippen molar-refractivity contribution in [2.75, 3.05) is 19.6 Å². The summed E-state index contributed by atoms with van der Waals surface area (Å²) in [7, 11) is -3.52. The Morgan fingerprint density at radius 1 is 1.11 bits per heavy atom. The van der Waals surface area contributed by atoms with Crippen molar-refractivity contribution in [2.45, 2.75) is 18.2 Å². The molecule has 0 atom stereocenters. The van der Waals surface area contributed by atoms with Crippen LogP contribution in [0.1, 0.15) is 13.3 Å². The van der Waals surface area contributed by atoms with Gasteiger partial charge in [0, 0.05) is 13.1 Å². The maximum atomic E-state index is 12.6. The van der Waals surface area contributed by atoms with Gasteiger partial charge in [-0.1, -0.05) is 6.92 Å². The van der Waals surface area contributed by atoms with Crippen LogP contribution >= 0.6 is 12.4 Å². The summed E-state index contributed by atoms with van der Waals surface area (Å²) in [5.41, 5.74) is 0. The molecule has 0 unspecified atom stereocenters. The maximum Gasteiger partial charge on any atom is 0.240 e. The van der Waals surface area contributed by atoms with E-state index < -0.39 is 15.8 Å². The van der Waals surface area contributed by atoms with Gasteiger partial charge in [-0.3, -0.25) is 0 Å². The van der Waals surface area contributed by atoms with Crippen molar-refractivity contribution < 1.29 is 12.8 Å². The molecular weight excluding hydrogens is 279 g/mol. The van der Waals surface area contributed by atoms with E-state index in [-0.39, 0.29) is 17.3 Å². The fourth-order valence-corrected chi connectivity index (χ4v) is 2.30. The highest BCUT2D eigenvalue weighted by molar-refractivity contribution is 7.89. The number of halogens is 2. The summed E-state index contributed by atoms with van der Waals surface area (Å²) < 4.78 is 38.5. The van der Waals surface area contributed by atoms with Crippen LogP contribution in [0.2, 0.25) is 0 Å². The van der Waals surface area contributed by atoms with Crippen molar-refractivity contribution in [1.82, 2.24) is 10.0 Å². The van der Waals surface area contributed by atoms with Crippen molar-refractivity contribution >= 4 is 22.4 Å². The van der Waals surface area contributed by atoms with Crippen LogP contribution in [0.3, 0.4) is 0 Å². The highest BCUT2D eigenvalue weighted by Crippen LogP contribution is 2.08. The molecule has 0 amide bonds. The van der Waals surface area contributed by atoms with Gasteiger partial charge in [0.1, 0.15) is 5.82 Å². The van der Waals surface area contributed by atoms with Crippen LogP contribution in [-0.2, 0) is 10.0 Å². The largest absolute Gasteiger partial charge is 0.315 e. The van der Waals surface area contributed by atoms with Gasteiger partial charge in [-0.25, -0.2) is 17.5 Å². The lowest BCUT2D eigenvalue weighted by Gasteiger charge is -2.07. The molecule has 0 aliphatic carbocycles. The summed E-state index contributed by atoms with van der Waals surface area (Å²) in [4.78, 5) is 0.0781. The van der Waals surface area contributed by atoms with Gasteiger partial charge in [0.25, 0.3) is 0 Å². The minimum Gasteiger partial charge on any atom is -0.315 e. The minimum absolute atomic E-state index is 0. The first-order valence-electron chi connectivity index (χ1n) is 5.52. The Hall–Kier alpha value is -0.690. The molecule has 0 spiro atoms. The Bertz CT molecular complexity index is 437. The zero-order valence-corrected chi connectivity index (χ0v) is 11.8. The molecule has 0 aromatic heterocycles. The second kappa shape index (κ2) is 8.42. The van der Waals surface area contributed by atoms with Gasteiger partial charge in [0.2, 0.25) is 10.0 Å². The molecule has 7 heteroatoms. The first-order valence-corrected chi connectivity index (χ1v) is 7.00. The number of hydrogen-bond acceptors (Lipinski definition) is 3. The molecule has 1 aromatic carbocycles. The van der Waals surface area contributed by atoms with Crippen molar-refractivity contribution in [3.05, 3.63) is 30.1 Å². The van der Waals surface area contributed by atoms with Crippen LogP contribution in [0.25, 0.3) is 0 Å². The van der Waals surface area contributed by atoms with E-state index >= 15 is 0 Å². The normalized spacial score (nSPS) is 11.0. The molecule has 0 radical (unpaired) electrons. The molecular formula is C11H18ClFN2O2S. The molecule has 0 aliphatic heterocycles.